The Hall–Kier alpha value is 2.05. The Bertz CT molecular complexity index is 128. The van der Waals surface area contributed by atoms with Crippen LogP contribution in [0.3, 0.4) is 0 Å². The molecule has 0 bridgehead atoms. The van der Waals surface area contributed by atoms with E-state index in [-0.39, 0.29) is 0 Å². The van der Waals surface area contributed by atoms with Gasteiger partial charge in [-0.05, 0) is 0 Å². The first-order chi connectivity index (χ1) is 4.66. The maximum atomic E-state index is 8.50. The Morgan fingerprint density at radius 2 is 0.818 bits per heavy atom. The molecule has 0 aliphatic heterocycles. The van der Waals surface area contributed by atoms with Gasteiger partial charge in [0, 0.05) is 0 Å². The van der Waals surface area contributed by atoms with Gasteiger partial charge in [-0.25, -0.2) is 0 Å². The van der Waals surface area contributed by atoms with E-state index >= 15 is 0 Å². The molecular weight excluding hydrogens is 317 g/mol. The average Bonchev–Trinajstić information content (AvgIpc) is 1.60. The Morgan fingerprint density at radius 3 is 0.818 bits per heavy atom. The van der Waals surface area contributed by atoms with Crippen LogP contribution in [0.5, 0.6) is 0 Å². The Balaban J connectivity index is 0. The monoisotopic (exact) mass is 314 g/mol. The van der Waals surface area contributed by atoms with Crippen LogP contribution in [0.15, 0.2) is 0 Å². The second-order valence-corrected chi connectivity index (χ2v) is 5.90. The van der Waals surface area contributed by atoms with Gasteiger partial charge < -0.3 is 0 Å². The zero-order chi connectivity index (χ0) is 9.71. The average molecular weight is 317 g/mol. The normalized spacial score (nSPS) is 11.1. The Morgan fingerprint density at radius 1 is 0.727 bits per heavy atom. The predicted octanol–water partition coefficient (Wildman–Crippen LogP) is 3.49. The molecule has 0 unspecified atom stereocenters. The van der Waals surface area contributed by atoms with Crippen molar-refractivity contribution >= 4 is 69.6 Å². The van der Waals surface area contributed by atoms with E-state index in [0.29, 0.717) is 0 Å². The molecule has 0 saturated heterocycles. The Labute approximate surface area is 102 Å². The minimum absolute atomic E-state index is 1.85. The summed E-state index contributed by atoms with van der Waals surface area (Å²) in [5.41, 5.74) is 0. The quantitative estimate of drug-likeness (QED) is 0.506. The summed E-state index contributed by atoms with van der Waals surface area (Å²) < 4.78 is 13.3. The maximum absolute atomic E-state index is 8.50. The van der Waals surface area contributed by atoms with Crippen LogP contribution in [-0.4, -0.2) is 7.59 Å². The van der Waals surface area contributed by atoms with Crippen molar-refractivity contribution in [2.75, 3.05) is 0 Å². The van der Waals surface area contributed by atoms with Crippen LogP contribution in [0.4, 0.5) is 0 Å². The topological polar surface area (TPSA) is 34.1 Å². The van der Waals surface area contributed by atoms with Crippen molar-refractivity contribution in [2.24, 2.45) is 0 Å². The number of rotatable bonds is 0. The molecule has 9 heteroatoms. The fourth-order valence-corrected chi connectivity index (χ4v) is 0. The standard InChI is InChI=1S/C2Cl6.2O.Ti/c3-1(4,5)2(6,7)8;;;. The molecule has 0 fully saturated rings. The van der Waals surface area contributed by atoms with Crippen LogP contribution in [-0.2, 0) is 25.7 Å². The summed E-state index contributed by atoms with van der Waals surface area (Å²) in [7, 11) is 0. The van der Waals surface area contributed by atoms with Crippen LogP contribution in [0.2, 0.25) is 0 Å². The van der Waals surface area contributed by atoms with Gasteiger partial charge in [-0.2, -0.15) is 0 Å². The van der Waals surface area contributed by atoms with Gasteiger partial charge in [-0.3, -0.25) is 0 Å². The number of alkyl halides is 6. The molecule has 66 valence electrons. The molecule has 0 heterocycles. The van der Waals surface area contributed by atoms with Crippen LogP contribution in [0, 0.1) is 0 Å². The summed E-state index contributed by atoms with van der Waals surface area (Å²) in [4.78, 5) is 0. The number of hydrogen-bond acceptors (Lipinski definition) is 2. The molecule has 0 aliphatic rings. The molecule has 11 heavy (non-hydrogen) atoms. The molecule has 0 radical (unpaired) electrons. The van der Waals surface area contributed by atoms with Crippen molar-refractivity contribution in [1.29, 1.82) is 0 Å². The molecule has 0 aliphatic carbocycles. The number of halogens is 6. The molecule has 0 N–H and O–H groups in total. The molecule has 0 atom stereocenters. The summed E-state index contributed by atoms with van der Waals surface area (Å²) in [6.07, 6.45) is 0. The van der Waals surface area contributed by atoms with E-state index in [9.17, 15) is 0 Å². The van der Waals surface area contributed by atoms with Gasteiger partial charge in [0.15, 0.2) is 0 Å². The van der Waals surface area contributed by atoms with Gasteiger partial charge >= 0.3 is 25.7 Å². The van der Waals surface area contributed by atoms with Crippen molar-refractivity contribution in [3.63, 3.8) is 0 Å². The van der Waals surface area contributed by atoms with Crippen LogP contribution in [0.1, 0.15) is 0 Å². The zero-order valence-corrected chi connectivity index (χ0v) is 10.7. The van der Waals surface area contributed by atoms with Crippen LogP contribution < -0.4 is 0 Å². The Kier molecular flexibility index (Phi) is 9.17. The third-order valence-corrected chi connectivity index (χ3v) is 2.89. The number of hydrogen-bond donors (Lipinski definition) is 0. The molecule has 0 aromatic heterocycles. The molecular formula is C2Cl6O2Ti. The summed E-state index contributed by atoms with van der Waals surface area (Å²) in [5.74, 6) is 0. The van der Waals surface area contributed by atoms with E-state index in [1.165, 1.54) is 0 Å². The molecule has 0 saturated carbocycles. The van der Waals surface area contributed by atoms with Gasteiger partial charge in [0.1, 0.15) is 0 Å². The summed E-state index contributed by atoms with van der Waals surface area (Å²) in [6.45, 7) is 0. The van der Waals surface area contributed by atoms with E-state index in [2.05, 4.69) is 0 Å². The van der Waals surface area contributed by atoms with Crippen molar-refractivity contribution < 1.29 is 25.7 Å². The van der Waals surface area contributed by atoms with Gasteiger partial charge in [-0.1, -0.05) is 69.6 Å². The van der Waals surface area contributed by atoms with E-state index in [0.717, 1.165) is 0 Å². The van der Waals surface area contributed by atoms with Crippen molar-refractivity contribution in [3.8, 4) is 0 Å². The predicted molar refractivity (Wildman–Crippen MR) is 42.0 cm³/mol. The fourth-order valence-electron chi connectivity index (χ4n) is 0. The van der Waals surface area contributed by atoms with Crippen molar-refractivity contribution in [1.82, 2.24) is 0 Å². The second kappa shape index (κ2) is 6.50. The summed E-state index contributed by atoms with van der Waals surface area (Å²) in [5, 5.41) is 0. The van der Waals surface area contributed by atoms with Gasteiger partial charge in [0.2, 0.25) is 7.59 Å². The van der Waals surface area contributed by atoms with Crippen LogP contribution >= 0.6 is 69.6 Å². The van der Waals surface area contributed by atoms with E-state index in [1.54, 1.807) is 0 Å². The third-order valence-electron chi connectivity index (χ3n) is 0.321. The SMILES string of the molecule is ClC(Cl)(Cl)C(Cl)(Cl)Cl.[O]=[Ti]=[O]. The van der Waals surface area contributed by atoms with E-state index in [4.69, 9.17) is 76.3 Å². The molecule has 0 aromatic rings. The first-order valence-electron chi connectivity index (χ1n) is 1.79. The molecule has 0 rings (SSSR count). The molecule has 0 spiro atoms. The second-order valence-electron chi connectivity index (χ2n) is 1.08. The molecule has 0 aromatic carbocycles. The fraction of sp³-hybridized carbons (Fsp3) is 1.00. The van der Waals surface area contributed by atoms with Crippen molar-refractivity contribution in [2.45, 2.75) is 7.59 Å². The first-order valence-corrected chi connectivity index (χ1v) is 5.33. The third kappa shape index (κ3) is 9.97. The van der Waals surface area contributed by atoms with Gasteiger partial charge in [-0.15, -0.1) is 0 Å². The van der Waals surface area contributed by atoms with Gasteiger partial charge in [0.25, 0.3) is 0 Å². The van der Waals surface area contributed by atoms with E-state index < -0.39 is 26.7 Å². The zero-order valence-electron chi connectivity index (χ0n) is 4.58. The molecule has 0 amide bonds. The summed E-state index contributed by atoms with van der Waals surface area (Å²) in [6, 6.07) is 0. The first kappa shape index (κ1) is 15.5. The minimum atomic E-state index is -2.00. The summed E-state index contributed by atoms with van der Waals surface area (Å²) >= 11 is 28.9. The molecule has 2 nitrogen and oxygen atoms in total. The van der Waals surface area contributed by atoms with Crippen LogP contribution in [0.25, 0.3) is 0 Å². The van der Waals surface area contributed by atoms with Gasteiger partial charge in [0.05, 0.1) is 0 Å². The van der Waals surface area contributed by atoms with Crippen molar-refractivity contribution in [3.05, 3.63) is 0 Å². The van der Waals surface area contributed by atoms with E-state index in [1.807, 2.05) is 0 Å².